The molecule has 162 valence electrons. The van der Waals surface area contributed by atoms with Gasteiger partial charge in [0, 0.05) is 43.7 Å². The Bertz CT molecular complexity index is 1110. The monoisotopic (exact) mass is 456 g/mol. The fourth-order valence-electron chi connectivity index (χ4n) is 3.49. The quantitative estimate of drug-likeness (QED) is 0.590. The third-order valence-corrected chi connectivity index (χ3v) is 7.47. The van der Waals surface area contributed by atoms with E-state index >= 15 is 0 Å². The van der Waals surface area contributed by atoms with Crippen LogP contribution in [0, 0.1) is 0 Å². The number of thiazole rings is 1. The number of sulfonamides is 1. The van der Waals surface area contributed by atoms with Gasteiger partial charge in [-0.2, -0.15) is 0 Å². The second kappa shape index (κ2) is 9.49. The molecule has 2 heterocycles. The summed E-state index contributed by atoms with van der Waals surface area (Å²) in [7, 11) is -3.66. The van der Waals surface area contributed by atoms with Crippen LogP contribution in [-0.4, -0.2) is 50.4 Å². The van der Waals surface area contributed by atoms with Crippen LogP contribution in [-0.2, 0) is 21.2 Å². The number of rotatable bonds is 7. The number of carbonyl (C=O) groups excluding carboxylic acids is 1. The zero-order valence-corrected chi connectivity index (χ0v) is 18.6. The summed E-state index contributed by atoms with van der Waals surface area (Å²) in [4.78, 5) is 21.3. The van der Waals surface area contributed by atoms with Crippen LogP contribution in [0.1, 0.15) is 12.1 Å². The Morgan fingerprint density at radius 2 is 1.61 bits per heavy atom. The number of aryl methyl sites for hydroxylation is 1. The normalized spacial score (nSPS) is 14.5. The van der Waals surface area contributed by atoms with Crippen molar-refractivity contribution in [1.82, 2.24) is 9.88 Å². The Labute approximate surface area is 186 Å². The van der Waals surface area contributed by atoms with Crippen molar-refractivity contribution in [3.05, 3.63) is 71.7 Å². The third-order valence-electron chi connectivity index (χ3n) is 5.18. The van der Waals surface area contributed by atoms with Crippen molar-refractivity contribution in [2.24, 2.45) is 0 Å². The fraction of sp³-hybridized carbons (Fsp3) is 0.273. The molecule has 3 aromatic rings. The van der Waals surface area contributed by atoms with Gasteiger partial charge in [-0.1, -0.05) is 36.4 Å². The molecule has 31 heavy (non-hydrogen) atoms. The average molecular weight is 457 g/mol. The smallest absolute Gasteiger partial charge is 0.263 e. The lowest BCUT2D eigenvalue weighted by Gasteiger charge is -2.36. The summed E-state index contributed by atoms with van der Waals surface area (Å²) < 4.78 is 27.3. The zero-order valence-electron chi connectivity index (χ0n) is 17.0. The van der Waals surface area contributed by atoms with Crippen LogP contribution in [0.3, 0.4) is 0 Å². The largest absolute Gasteiger partial charge is 0.368 e. The summed E-state index contributed by atoms with van der Waals surface area (Å²) in [5.74, 6) is 0.104. The van der Waals surface area contributed by atoms with Crippen LogP contribution in [0.2, 0.25) is 0 Å². The summed E-state index contributed by atoms with van der Waals surface area (Å²) in [6, 6.07) is 18.4. The molecule has 0 atom stereocenters. The molecule has 0 saturated carbocycles. The number of aromatic nitrogens is 1. The predicted octanol–water partition coefficient (Wildman–Crippen LogP) is 3.23. The molecule has 1 N–H and O–H groups in total. The lowest BCUT2D eigenvalue weighted by Crippen LogP contribution is -2.48. The summed E-state index contributed by atoms with van der Waals surface area (Å²) in [5.41, 5.74) is 1.90. The molecule has 1 amide bonds. The van der Waals surface area contributed by atoms with E-state index in [2.05, 4.69) is 26.7 Å². The lowest BCUT2D eigenvalue weighted by molar-refractivity contribution is -0.131. The first-order valence-electron chi connectivity index (χ1n) is 10.1. The van der Waals surface area contributed by atoms with Crippen molar-refractivity contribution in [2.75, 3.05) is 35.8 Å². The van der Waals surface area contributed by atoms with Gasteiger partial charge < -0.3 is 9.80 Å². The molecule has 0 unspecified atom stereocenters. The highest BCUT2D eigenvalue weighted by Crippen LogP contribution is 2.21. The van der Waals surface area contributed by atoms with Crippen LogP contribution in [0.5, 0.6) is 0 Å². The van der Waals surface area contributed by atoms with Gasteiger partial charge in [0.25, 0.3) is 10.0 Å². The van der Waals surface area contributed by atoms with E-state index in [0.29, 0.717) is 36.8 Å². The minimum absolute atomic E-state index is 0.104. The minimum atomic E-state index is -3.66. The van der Waals surface area contributed by atoms with Gasteiger partial charge in [0.2, 0.25) is 5.91 Å². The van der Waals surface area contributed by atoms with Gasteiger partial charge in [-0.3, -0.25) is 9.52 Å². The maximum Gasteiger partial charge on any atom is 0.263 e. The molecule has 1 fully saturated rings. The maximum absolute atomic E-state index is 12.6. The molecular formula is C22H24N4O3S2. The van der Waals surface area contributed by atoms with E-state index in [9.17, 15) is 13.2 Å². The molecule has 1 aliphatic rings. The Kier molecular flexibility index (Phi) is 6.53. The van der Waals surface area contributed by atoms with Crippen molar-refractivity contribution in [3.8, 4) is 0 Å². The zero-order chi connectivity index (χ0) is 21.7. The molecule has 2 aromatic carbocycles. The van der Waals surface area contributed by atoms with Gasteiger partial charge in [0.15, 0.2) is 5.13 Å². The molecule has 1 saturated heterocycles. The number of nitrogens with zero attached hydrogens (tertiary/aromatic N) is 3. The molecule has 1 aliphatic heterocycles. The first-order valence-corrected chi connectivity index (χ1v) is 12.5. The van der Waals surface area contributed by atoms with E-state index in [4.69, 9.17) is 0 Å². The van der Waals surface area contributed by atoms with Gasteiger partial charge in [0.05, 0.1) is 10.6 Å². The topological polar surface area (TPSA) is 82.6 Å². The number of benzene rings is 2. The number of anilines is 2. The van der Waals surface area contributed by atoms with Crippen molar-refractivity contribution >= 4 is 38.1 Å². The summed E-state index contributed by atoms with van der Waals surface area (Å²) >= 11 is 1.22. The molecule has 0 spiro atoms. The van der Waals surface area contributed by atoms with E-state index < -0.39 is 10.0 Å². The Balaban J connectivity index is 1.27. The van der Waals surface area contributed by atoms with E-state index in [1.54, 1.807) is 23.6 Å². The molecule has 9 heteroatoms. The molecule has 4 rings (SSSR count). The molecule has 0 radical (unpaired) electrons. The highest BCUT2D eigenvalue weighted by molar-refractivity contribution is 7.93. The lowest BCUT2D eigenvalue weighted by atomic mass is 10.2. The van der Waals surface area contributed by atoms with Crippen LogP contribution in [0.25, 0.3) is 0 Å². The number of para-hydroxylation sites is 1. The number of carbonyl (C=O) groups is 1. The molecular weight excluding hydrogens is 432 g/mol. The van der Waals surface area contributed by atoms with Crippen molar-refractivity contribution in [2.45, 2.75) is 17.7 Å². The second-order valence-corrected chi connectivity index (χ2v) is 9.81. The van der Waals surface area contributed by atoms with E-state index in [1.807, 2.05) is 23.1 Å². The highest BCUT2D eigenvalue weighted by atomic mass is 32.2. The standard InChI is InChI=1S/C22H24N4O3S2/c27-21(26-15-13-25(14-16-26)19-7-3-1-4-8-19)12-11-18-17-30-22(23-18)24-31(28,29)20-9-5-2-6-10-20/h1-10,17H,11-16H2,(H,23,24). The molecule has 0 aliphatic carbocycles. The van der Waals surface area contributed by atoms with Crippen LogP contribution < -0.4 is 9.62 Å². The molecule has 0 bridgehead atoms. The van der Waals surface area contributed by atoms with E-state index in [-0.39, 0.29) is 10.8 Å². The molecule has 7 nitrogen and oxygen atoms in total. The number of hydrogen-bond donors (Lipinski definition) is 1. The fourth-order valence-corrected chi connectivity index (χ4v) is 5.51. The van der Waals surface area contributed by atoms with Gasteiger partial charge in [-0.05, 0) is 30.7 Å². The Hall–Kier alpha value is -2.91. The Morgan fingerprint density at radius 1 is 0.968 bits per heavy atom. The number of nitrogens with one attached hydrogen (secondary N) is 1. The van der Waals surface area contributed by atoms with E-state index in [0.717, 1.165) is 13.1 Å². The maximum atomic E-state index is 12.6. The first-order chi connectivity index (χ1) is 15.0. The number of amides is 1. The van der Waals surface area contributed by atoms with Gasteiger partial charge in [-0.15, -0.1) is 11.3 Å². The summed E-state index contributed by atoms with van der Waals surface area (Å²) in [6.45, 7) is 3.04. The number of piperazine rings is 1. The van der Waals surface area contributed by atoms with Gasteiger partial charge in [0.1, 0.15) is 0 Å². The summed E-state index contributed by atoms with van der Waals surface area (Å²) in [5, 5.41) is 2.10. The predicted molar refractivity (Wildman–Crippen MR) is 123 cm³/mol. The van der Waals surface area contributed by atoms with E-state index in [1.165, 1.54) is 29.2 Å². The molecule has 1 aromatic heterocycles. The van der Waals surface area contributed by atoms with Crippen LogP contribution in [0.4, 0.5) is 10.8 Å². The van der Waals surface area contributed by atoms with Crippen molar-refractivity contribution < 1.29 is 13.2 Å². The first kappa shape index (κ1) is 21.3. The second-order valence-electron chi connectivity index (χ2n) is 7.27. The van der Waals surface area contributed by atoms with Crippen LogP contribution in [0.15, 0.2) is 70.9 Å². The van der Waals surface area contributed by atoms with Gasteiger partial charge in [-0.25, -0.2) is 13.4 Å². The van der Waals surface area contributed by atoms with Crippen LogP contribution >= 0.6 is 11.3 Å². The summed E-state index contributed by atoms with van der Waals surface area (Å²) in [6.07, 6.45) is 0.848. The highest BCUT2D eigenvalue weighted by Gasteiger charge is 2.21. The third kappa shape index (κ3) is 5.42. The average Bonchev–Trinajstić information content (AvgIpc) is 3.25. The minimum Gasteiger partial charge on any atom is -0.368 e. The van der Waals surface area contributed by atoms with Gasteiger partial charge >= 0.3 is 0 Å². The number of hydrogen-bond acceptors (Lipinski definition) is 6. The van der Waals surface area contributed by atoms with Crippen molar-refractivity contribution in [3.63, 3.8) is 0 Å². The Morgan fingerprint density at radius 3 is 2.29 bits per heavy atom. The van der Waals surface area contributed by atoms with Crippen molar-refractivity contribution in [1.29, 1.82) is 0 Å². The SMILES string of the molecule is O=C(CCc1csc(NS(=O)(=O)c2ccccc2)n1)N1CCN(c2ccccc2)CC1.